The van der Waals surface area contributed by atoms with E-state index >= 15 is 0 Å². The van der Waals surface area contributed by atoms with Gasteiger partial charge in [-0.15, -0.1) is 0 Å². The van der Waals surface area contributed by atoms with Gasteiger partial charge in [-0.2, -0.15) is 13.2 Å². The Balaban J connectivity index is 1.43. The third-order valence-electron chi connectivity index (χ3n) is 5.96. The van der Waals surface area contributed by atoms with E-state index in [2.05, 4.69) is 55.9 Å². The number of hydrogen-bond acceptors (Lipinski definition) is 4. The molecule has 8 heteroatoms. The first-order chi connectivity index (χ1) is 14.9. The number of benzene rings is 2. The maximum atomic E-state index is 12.6. The van der Waals surface area contributed by atoms with Gasteiger partial charge in [0, 0.05) is 65.0 Å². The molecule has 3 heterocycles. The topological polar surface area (TPSA) is 34.3 Å². The van der Waals surface area contributed by atoms with Crippen molar-refractivity contribution in [2.24, 2.45) is 0 Å². The van der Waals surface area contributed by atoms with E-state index in [1.54, 1.807) is 11.9 Å². The van der Waals surface area contributed by atoms with Crippen LogP contribution >= 0.6 is 11.9 Å². The van der Waals surface area contributed by atoms with Gasteiger partial charge in [-0.25, -0.2) is 4.31 Å². The fourth-order valence-corrected chi connectivity index (χ4v) is 5.25. The van der Waals surface area contributed by atoms with Crippen LogP contribution in [0.5, 0.6) is 0 Å². The van der Waals surface area contributed by atoms with Crippen molar-refractivity contribution in [2.75, 3.05) is 37.6 Å². The summed E-state index contributed by atoms with van der Waals surface area (Å²) >= 11 is 1.77. The van der Waals surface area contributed by atoms with Crippen molar-refractivity contribution in [1.82, 2.24) is 14.6 Å². The number of para-hydroxylation sites is 1. The number of anilines is 1. The molecule has 2 N–H and O–H groups in total. The first-order valence-corrected chi connectivity index (χ1v) is 11.4. The van der Waals surface area contributed by atoms with E-state index in [1.807, 2.05) is 12.1 Å². The van der Waals surface area contributed by atoms with Crippen LogP contribution in [0.3, 0.4) is 0 Å². The van der Waals surface area contributed by atoms with E-state index in [4.69, 9.17) is 0 Å². The lowest BCUT2D eigenvalue weighted by Crippen LogP contribution is -2.38. The predicted molar refractivity (Wildman–Crippen MR) is 120 cm³/mol. The monoisotopic (exact) mass is 446 g/mol. The molecule has 164 valence electrons. The van der Waals surface area contributed by atoms with E-state index in [9.17, 15) is 13.2 Å². The van der Waals surface area contributed by atoms with Crippen LogP contribution in [0.1, 0.15) is 12.8 Å². The van der Waals surface area contributed by atoms with Crippen LogP contribution < -0.4 is 10.2 Å². The second-order valence-corrected chi connectivity index (χ2v) is 9.42. The summed E-state index contributed by atoms with van der Waals surface area (Å²) in [6, 6.07) is 16.6. The lowest BCUT2D eigenvalue weighted by atomic mass is 10.1. The first-order valence-electron chi connectivity index (χ1n) is 10.6. The number of H-pyrrole nitrogens is 1. The van der Waals surface area contributed by atoms with Crippen LogP contribution in [0.25, 0.3) is 22.2 Å². The highest BCUT2D eigenvalue weighted by Crippen LogP contribution is 2.38. The fourth-order valence-electron chi connectivity index (χ4n) is 4.22. The van der Waals surface area contributed by atoms with Crippen LogP contribution in [0.4, 0.5) is 18.9 Å². The fraction of sp³-hybridized carbons (Fsp3) is 0.391. The molecule has 0 spiro atoms. The number of alkyl halides is 3. The Hall–Kier alpha value is -2.16. The van der Waals surface area contributed by atoms with Crippen molar-refractivity contribution < 1.29 is 13.2 Å². The number of aromatic nitrogens is 1. The number of nitrogens with one attached hydrogen (secondary N) is 2. The highest BCUT2D eigenvalue weighted by molar-refractivity contribution is 7.97. The maximum absolute atomic E-state index is 12.6. The largest absolute Gasteiger partial charge is 0.401 e. The minimum atomic E-state index is -4.18. The highest BCUT2D eigenvalue weighted by Gasteiger charge is 2.31. The number of fused-ring (bicyclic) bond motifs is 1. The number of halogens is 3. The molecule has 2 aliphatic heterocycles. The molecule has 2 aromatic carbocycles. The molecule has 31 heavy (non-hydrogen) atoms. The number of hydrogen-bond donors (Lipinski definition) is 2. The summed E-state index contributed by atoms with van der Waals surface area (Å²) in [5.74, 6) is 0. The summed E-state index contributed by atoms with van der Waals surface area (Å²) in [7, 11) is 0. The number of rotatable bonds is 6. The van der Waals surface area contributed by atoms with E-state index in [0.29, 0.717) is 13.0 Å². The van der Waals surface area contributed by atoms with Crippen molar-refractivity contribution in [3.05, 3.63) is 48.5 Å². The van der Waals surface area contributed by atoms with Crippen molar-refractivity contribution in [2.45, 2.75) is 30.0 Å². The summed E-state index contributed by atoms with van der Waals surface area (Å²) in [6.07, 6.45) is -2.24. The van der Waals surface area contributed by atoms with Gasteiger partial charge in [0.05, 0.1) is 6.54 Å². The molecule has 2 aliphatic rings. The van der Waals surface area contributed by atoms with Gasteiger partial charge in [0.2, 0.25) is 0 Å². The molecule has 1 atom stereocenters. The summed E-state index contributed by atoms with van der Waals surface area (Å²) in [4.78, 5) is 6.91. The molecule has 2 saturated heterocycles. The van der Waals surface area contributed by atoms with E-state index < -0.39 is 12.7 Å². The SMILES string of the molecule is FC(F)(F)CNC1CCN(c2ccc(SN3CCC3)cc2-c2cc3ccccc3[nH]2)C1. The zero-order valence-corrected chi connectivity index (χ0v) is 17.9. The summed E-state index contributed by atoms with van der Waals surface area (Å²) in [5, 5.41) is 3.82. The molecule has 1 aromatic heterocycles. The molecule has 0 amide bonds. The third-order valence-corrected chi connectivity index (χ3v) is 7.05. The second-order valence-electron chi connectivity index (χ2n) is 8.25. The molecule has 0 saturated carbocycles. The second kappa shape index (κ2) is 8.41. The van der Waals surface area contributed by atoms with Gasteiger partial charge in [0.25, 0.3) is 0 Å². The predicted octanol–water partition coefficient (Wildman–Crippen LogP) is 5.28. The Morgan fingerprint density at radius 2 is 1.90 bits per heavy atom. The lowest BCUT2D eigenvalue weighted by Gasteiger charge is -2.29. The Morgan fingerprint density at radius 1 is 1.06 bits per heavy atom. The highest BCUT2D eigenvalue weighted by atomic mass is 32.2. The molecule has 3 aromatic rings. The van der Waals surface area contributed by atoms with Crippen molar-refractivity contribution in [3.8, 4) is 11.3 Å². The van der Waals surface area contributed by atoms with Crippen molar-refractivity contribution >= 4 is 28.5 Å². The van der Waals surface area contributed by atoms with Gasteiger partial charge in [-0.05, 0) is 55.1 Å². The summed E-state index contributed by atoms with van der Waals surface area (Å²) in [5.41, 5.74) is 4.28. The molecular formula is C23H25F3N4S. The first kappa shape index (κ1) is 20.7. The normalized spacial score (nSPS) is 19.8. The molecule has 0 radical (unpaired) electrons. The van der Waals surface area contributed by atoms with Gasteiger partial charge < -0.3 is 15.2 Å². The lowest BCUT2D eigenvalue weighted by molar-refractivity contribution is -0.125. The molecule has 0 bridgehead atoms. The summed E-state index contributed by atoms with van der Waals surface area (Å²) in [6.45, 7) is 2.58. The Labute approximate surface area is 183 Å². The zero-order valence-electron chi connectivity index (χ0n) is 17.1. The standard InChI is InChI=1S/C23H25F3N4S/c24-23(25,26)15-27-17-8-11-29(14-17)22-7-6-18(31-30-9-3-10-30)13-19(22)21-12-16-4-1-2-5-20(16)28-21/h1-2,4-7,12-13,17,27-28H,3,8-11,14-15H2. The molecular weight excluding hydrogens is 421 g/mol. The average molecular weight is 447 g/mol. The minimum Gasteiger partial charge on any atom is -0.369 e. The van der Waals surface area contributed by atoms with E-state index in [0.717, 1.165) is 47.5 Å². The van der Waals surface area contributed by atoms with Gasteiger partial charge in [0.1, 0.15) is 0 Å². The Kier molecular flexibility index (Phi) is 5.62. The quantitative estimate of drug-likeness (QED) is 0.505. The van der Waals surface area contributed by atoms with Gasteiger partial charge >= 0.3 is 6.18 Å². The van der Waals surface area contributed by atoms with Gasteiger partial charge in [-0.3, -0.25) is 0 Å². The van der Waals surface area contributed by atoms with Crippen LogP contribution in [0.2, 0.25) is 0 Å². The molecule has 1 unspecified atom stereocenters. The minimum absolute atomic E-state index is 0.160. The van der Waals surface area contributed by atoms with Gasteiger partial charge in [0.15, 0.2) is 0 Å². The van der Waals surface area contributed by atoms with E-state index in [1.165, 1.54) is 11.3 Å². The van der Waals surface area contributed by atoms with Crippen LogP contribution in [-0.4, -0.2) is 54.2 Å². The molecule has 2 fully saturated rings. The van der Waals surface area contributed by atoms with Crippen molar-refractivity contribution in [1.29, 1.82) is 0 Å². The zero-order chi connectivity index (χ0) is 21.4. The number of nitrogens with zero attached hydrogens (tertiary/aromatic N) is 2. The maximum Gasteiger partial charge on any atom is 0.401 e. The van der Waals surface area contributed by atoms with Crippen LogP contribution in [-0.2, 0) is 0 Å². The smallest absolute Gasteiger partial charge is 0.369 e. The molecule has 0 aliphatic carbocycles. The van der Waals surface area contributed by atoms with Crippen LogP contribution in [0, 0.1) is 0 Å². The average Bonchev–Trinajstić information content (AvgIpc) is 3.35. The third kappa shape index (κ3) is 4.71. The molecule has 5 rings (SSSR count). The Morgan fingerprint density at radius 3 is 2.65 bits per heavy atom. The van der Waals surface area contributed by atoms with Crippen molar-refractivity contribution in [3.63, 3.8) is 0 Å². The van der Waals surface area contributed by atoms with Gasteiger partial charge in [-0.1, -0.05) is 18.2 Å². The summed E-state index contributed by atoms with van der Waals surface area (Å²) < 4.78 is 40.2. The van der Waals surface area contributed by atoms with Crippen LogP contribution in [0.15, 0.2) is 53.4 Å². The Bertz CT molecular complexity index is 1030. The number of aromatic amines is 1. The molecule has 4 nitrogen and oxygen atoms in total. The van der Waals surface area contributed by atoms with E-state index in [-0.39, 0.29) is 6.04 Å².